The summed E-state index contributed by atoms with van der Waals surface area (Å²) in [6.45, 7) is 0. The van der Waals surface area contributed by atoms with Crippen molar-refractivity contribution in [2.45, 2.75) is 0 Å². The van der Waals surface area contributed by atoms with Gasteiger partial charge in [0.05, 0.1) is 0 Å². The lowest BCUT2D eigenvalue weighted by molar-refractivity contribution is 1.07. The fraction of sp³-hybridized carbons (Fsp3) is 0. The molecule has 2 aromatic heterocycles. The highest BCUT2D eigenvalue weighted by atomic mass is 15.0. The minimum Gasteiger partial charge on any atom is -0.208 e. The van der Waals surface area contributed by atoms with E-state index in [-0.39, 0.29) is 0 Å². The van der Waals surface area contributed by atoms with Gasteiger partial charge in [0.15, 0.2) is 34.9 Å². The van der Waals surface area contributed by atoms with Gasteiger partial charge in [-0.05, 0) is 39.4 Å². The Balaban J connectivity index is 1.21. The highest BCUT2D eigenvalue weighted by molar-refractivity contribution is 5.96. The van der Waals surface area contributed by atoms with E-state index in [1.54, 1.807) is 0 Å². The smallest absolute Gasteiger partial charge is 0.164 e. The van der Waals surface area contributed by atoms with Crippen LogP contribution in [0.3, 0.4) is 0 Å². The lowest BCUT2D eigenvalue weighted by Gasteiger charge is -2.18. The predicted molar refractivity (Wildman–Crippen MR) is 242 cm³/mol. The van der Waals surface area contributed by atoms with E-state index < -0.39 is 0 Å². The Morgan fingerprint density at radius 3 is 0.867 bits per heavy atom. The molecule has 0 saturated heterocycles. The fourth-order valence-electron chi connectivity index (χ4n) is 7.51. The molecule has 0 unspecified atom stereocenters. The van der Waals surface area contributed by atoms with Gasteiger partial charge in [-0.2, -0.15) is 0 Å². The van der Waals surface area contributed by atoms with Crippen LogP contribution in [0.1, 0.15) is 0 Å². The number of hydrogen-bond acceptors (Lipinski definition) is 6. The molecule has 0 N–H and O–H groups in total. The summed E-state index contributed by atoms with van der Waals surface area (Å²) in [6.07, 6.45) is 0. The molecule has 0 radical (unpaired) electrons. The van der Waals surface area contributed by atoms with Gasteiger partial charge >= 0.3 is 0 Å². The summed E-state index contributed by atoms with van der Waals surface area (Å²) in [5.41, 5.74) is 11.7. The molecule has 282 valence electrons. The normalized spacial score (nSPS) is 11.0. The zero-order valence-corrected chi connectivity index (χ0v) is 32.5. The summed E-state index contributed by atoms with van der Waals surface area (Å²) < 4.78 is 0. The van der Waals surface area contributed by atoms with E-state index >= 15 is 0 Å². The van der Waals surface area contributed by atoms with Crippen molar-refractivity contribution in [2.75, 3.05) is 0 Å². The topological polar surface area (TPSA) is 77.3 Å². The van der Waals surface area contributed by atoms with E-state index in [0.29, 0.717) is 34.9 Å². The summed E-state index contributed by atoms with van der Waals surface area (Å²) in [6, 6.07) is 74.2. The summed E-state index contributed by atoms with van der Waals surface area (Å²) in [4.78, 5) is 30.4. The molecule has 0 saturated carbocycles. The minimum absolute atomic E-state index is 0.582. The Labute approximate surface area is 348 Å². The van der Waals surface area contributed by atoms with Crippen LogP contribution >= 0.6 is 0 Å². The number of aromatic nitrogens is 6. The SMILES string of the molecule is c1ccc(-c2nc(-c3ccccc3)nc(-c3ccc(-c4ccccc4-c4nc(-c5ccccc5)nc(-c5ccccc5)n4)c(-c4ccccc4-c4ccccc4)c3)n2)cc1. The van der Waals surface area contributed by atoms with Crippen LogP contribution in [0.4, 0.5) is 0 Å². The molecule has 10 rings (SSSR count). The maximum atomic E-state index is 5.15. The summed E-state index contributed by atoms with van der Waals surface area (Å²) in [7, 11) is 0. The van der Waals surface area contributed by atoms with E-state index in [9.17, 15) is 0 Å². The predicted octanol–water partition coefficient (Wildman–Crippen LogP) is 13.1. The highest BCUT2D eigenvalue weighted by Crippen LogP contribution is 2.43. The fourth-order valence-corrected chi connectivity index (χ4v) is 7.51. The minimum atomic E-state index is 0.582. The van der Waals surface area contributed by atoms with Gasteiger partial charge in [-0.25, -0.2) is 29.9 Å². The van der Waals surface area contributed by atoms with Crippen LogP contribution < -0.4 is 0 Å². The quantitative estimate of drug-likeness (QED) is 0.145. The van der Waals surface area contributed by atoms with Gasteiger partial charge in [0, 0.05) is 33.4 Å². The van der Waals surface area contributed by atoms with E-state index in [1.807, 2.05) is 133 Å². The van der Waals surface area contributed by atoms with Crippen LogP contribution in [-0.4, -0.2) is 29.9 Å². The van der Waals surface area contributed by atoms with E-state index in [0.717, 1.165) is 66.8 Å². The Morgan fingerprint density at radius 2 is 0.450 bits per heavy atom. The maximum absolute atomic E-state index is 5.15. The van der Waals surface area contributed by atoms with E-state index in [1.165, 1.54) is 0 Å². The second kappa shape index (κ2) is 16.3. The van der Waals surface area contributed by atoms with Crippen molar-refractivity contribution in [1.82, 2.24) is 29.9 Å². The Hall–Kier alpha value is -8.22. The van der Waals surface area contributed by atoms with Gasteiger partial charge in [0.25, 0.3) is 0 Å². The van der Waals surface area contributed by atoms with Crippen molar-refractivity contribution in [2.24, 2.45) is 0 Å². The molecule has 8 aromatic carbocycles. The molecule has 0 atom stereocenters. The lowest BCUT2D eigenvalue weighted by Crippen LogP contribution is -2.02. The number of nitrogens with zero attached hydrogens (tertiary/aromatic N) is 6. The third kappa shape index (κ3) is 7.37. The number of rotatable bonds is 9. The molecule has 0 aliphatic carbocycles. The van der Waals surface area contributed by atoms with Crippen LogP contribution in [0.15, 0.2) is 218 Å². The first-order valence-electron chi connectivity index (χ1n) is 19.9. The largest absolute Gasteiger partial charge is 0.208 e. The molecular weight excluding hydrogens is 733 g/mol. The van der Waals surface area contributed by atoms with Crippen LogP contribution in [0, 0.1) is 0 Å². The molecule has 0 aliphatic heterocycles. The van der Waals surface area contributed by atoms with Crippen LogP contribution in [-0.2, 0) is 0 Å². The monoisotopic (exact) mass is 768 g/mol. The maximum Gasteiger partial charge on any atom is 0.164 e. The molecule has 0 fully saturated rings. The zero-order valence-electron chi connectivity index (χ0n) is 32.5. The Bertz CT molecular complexity index is 2950. The van der Waals surface area contributed by atoms with Crippen LogP contribution in [0.5, 0.6) is 0 Å². The molecule has 0 aliphatic rings. The second-order valence-corrected chi connectivity index (χ2v) is 14.3. The summed E-state index contributed by atoms with van der Waals surface area (Å²) in [5.74, 6) is 3.60. The first-order chi connectivity index (χ1) is 29.7. The summed E-state index contributed by atoms with van der Waals surface area (Å²) in [5, 5.41) is 0. The average molecular weight is 769 g/mol. The molecule has 10 aromatic rings. The second-order valence-electron chi connectivity index (χ2n) is 14.3. The Morgan fingerprint density at radius 1 is 0.167 bits per heavy atom. The first-order valence-corrected chi connectivity index (χ1v) is 19.9. The molecule has 6 nitrogen and oxygen atoms in total. The first kappa shape index (κ1) is 36.1. The van der Waals surface area contributed by atoms with Crippen molar-refractivity contribution in [3.8, 4) is 102 Å². The van der Waals surface area contributed by atoms with Crippen molar-refractivity contribution in [3.63, 3.8) is 0 Å². The van der Waals surface area contributed by atoms with Gasteiger partial charge in [-0.15, -0.1) is 0 Å². The van der Waals surface area contributed by atoms with Gasteiger partial charge in [-0.3, -0.25) is 0 Å². The van der Waals surface area contributed by atoms with Gasteiger partial charge < -0.3 is 0 Å². The summed E-state index contributed by atoms with van der Waals surface area (Å²) >= 11 is 0. The van der Waals surface area contributed by atoms with Crippen LogP contribution in [0.2, 0.25) is 0 Å². The molecular formula is C54H36N6. The van der Waals surface area contributed by atoms with E-state index in [2.05, 4.69) is 84.9 Å². The zero-order chi connectivity index (χ0) is 40.1. The average Bonchev–Trinajstić information content (AvgIpc) is 3.35. The van der Waals surface area contributed by atoms with Crippen molar-refractivity contribution in [3.05, 3.63) is 218 Å². The third-order valence-electron chi connectivity index (χ3n) is 10.4. The van der Waals surface area contributed by atoms with Gasteiger partial charge in [0.1, 0.15) is 0 Å². The van der Waals surface area contributed by atoms with Gasteiger partial charge in [0.2, 0.25) is 0 Å². The van der Waals surface area contributed by atoms with Crippen molar-refractivity contribution >= 4 is 0 Å². The Kier molecular flexibility index (Phi) is 9.84. The molecule has 2 heterocycles. The highest BCUT2D eigenvalue weighted by Gasteiger charge is 2.21. The number of hydrogen-bond donors (Lipinski definition) is 0. The molecule has 0 bridgehead atoms. The van der Waals surface area contributed by atoms with Crippen LogP contribution in [0.25, 0.3) is 102 Å². The third-order valence-corrected chi connectivity index (χ3v) is 10.4. The molecule has 6 heteroatoms. The molecule has 0 amide bonds. The molecule has 60 heavy (non-hydrogen) atoms. The van der Waals surface area contributed by atoms with E-state index in [4.69, 9.17) is 29.9 Å². The van der Waals surface area contributed by atoms with Crippen molar-refractivity contribution in [1.29, 1.82) is 0 Å². The lowest BCUT2D eigenvalue weighted by atomic mass is 9.86. The van der Waals surface area contributed by atoms with Crippen molar-refractivity contribution < 1.29 is 0 Å². The standard InChI is InChI=1S/C54H36N6/c1-6-20-37(21-7-1)43-30-16-17-31-44(43)48-36-42(53-57-49(38-22-8-2-9-23-38)55-50(58-53)39-24-10-3-11-25-39)34-35-46(48)45-32-18-19-33-47(45)54-59-51(40-26-12-4-13-27-40)56-52(60-54)41-28-14-5-15-29-41/h1-36H. The molecule has 0 spiro atoms. The van der Waals surface area contributed by atoms with Gasteiger partial charge in [-0.1, -0.05) is 212 Å². The number of benzene rings is 8.